The average Bonchev–Trinajstić information content (AvgIpc) is 3.44. The minimum absolute atomic E-state index is 0.0131. The van der Waals surface area contributed by atoms with Gasteiger partial charge < -0.3 is 9.26 Å². The van der Waals surface area contributed by atoms with Gasteiger partial charge in [-0.1, -0.05) is 24.1 Å². The van der Waals surface area contributed by atoms with Crippen molar-refractivity contribution in [1.29, 1.82) is 0 Å². The molecule has 0 amide bonds. The van der Waals surface area contributed by atoms with Crippen LogP contribution in [0.25, 0.3) is 5.65 Å². The first-order valence-corrected chi connectivity index (χ1v) is 9.50. The number of morpholine rings is 1. The molecule has 2 aliphatic rings. The molecule has 0 aromatic carbocycles. The third-order valence-electron chi connectivity index (χ3n) is 5.51. The van der Waals surface area contributed by atoms with E-state index in [4.69, 9.17) is 9.26 Å². The highest BCUT2D eigenvalue weighted by atomic mass is 16.5. The van der Waals surface area contributed by atoms with Crippen molar-refractivity contribution in [3.05, 3.63) is 46.6 Å². The van der Waals surface area contributed by atoms with E-state index in [2.05, 4.69) is 20.1 Å². The zero-order valence-corrected chi connectivity index (χ0v) is 15.0. The van der Waals surface area contributed by atoms with Crippen molar-refractivity contribution in [2.75, 3.05) is 19.8 Å². The molecule has 5 rings (SSSR count). The highest BCUT2D eigenvalue weighted by Gasteiger charge is 2.35. The minimum Gasteiger partial charge on any atom is -0.378 e. The van der Waals surface area contributed by atoms with Crippen LogP contribution < -0.4 is 5.69 Å². The molecular formula is C18H22N6O3. The van der Waals surface area contributed by atoms with E-state index in [0.717, 1.165) is 13.2 Å². The molecule has 1 aliphatic carbocycles. The van der Waals surface area contributed by atoms with Crippen molar-refractivity contribution in [3.63, 3.8) is 0 Å². The van der Waals surface area contributed by atoms with Crippen LogP contribution in [0.15, 0.2) is 33.7 Å². The zero-order valence-electron chi connectivity index (χ0n) is 15.0. The SMILES string of the molecule is O=c1n(Cc2noc(C3COCCN3C3CCCC3)n2)nc2ccccn12. The largest absolute Gasteiger partial charge is 0.378 e. The third-order valence-corrected chi connectivity index (χ3v) is 5.51. The minimum atomic E-state index is -0.217. The van der Waals surface area contributed by atoms with Gasteiger partial charge in [-0.25, -0.2) is 9.48 Å². The maximum Gasteiger partial charge on any atom is 0.350 e. The number of fused-ring (bicyclic) bond motifs is 1. The van der Waals surface area contributed by atoms with Gasteiger partial charge in [-0.3, -0.25) is 9.30 Å². The van der Waals surface area contributed by atoms with Gasteiger partial charge in [-0.15, -0.1) is 5.10 Å². The van der Waals surface area contributed by atoms with Crippen molar-refractivity contribution >= 4 is 5.65 Å². The lowest BCUT2D eigenvalue weighted by molar-refractivity contribution is -0.0397. The van der Waals surface area contributed by atoms with Crippen LogP contribution >= 0.6 is 0 Å². The molecule has 1 saturated carbocycles. The summed E-state index contributed by atoms with van der Waals surface area (Å²) >= 11 is 0. The van der Waals surface area contributed by atoms with Gasteiger partial charge in [-0.2, -0.15) is 4.98 Å². The third kappa shape index (κ3) is 3.06. The van der Waals surface area contributed by atoms with Gasteiger partial charge in [0.05, 0.1) is 13.2 Å². The molecule has 1 saturated heterocycles. The molecule has 9 nitrogen and oxygen atoms in total. The average molecular weight is 370 g/mol. The summed E-state index contributed by atoms with van der Waals surface area (Å²) in [5, 5.41) is 8.40. The molecule has 142 valence electrons. The van der Waals surface area contributed by atoms with Crippen molar-refractivity contribution in [1.82, 2.24) is 29.2 Å². The molecule has 9 heteroatoms. The molecule has 4 heterocycles. The van der Waals surface area contributed by atoms with E-state index >= 15 is 0 Å². The van der Waals surface area contributed by atoms with Crippen molar-refractivity contribution in [2.24, 2.45) is 0 Å². The number of rotatable bonds is 4. The van der Waals surface area contributed by atoms with E-state index in [0.29, 0.717) is 30.0 Å². The normalized spacial score (nSPS) is 22.0. The molecular weight excluding hydrogens is 348 g/mol. The number of pyridine rings is 1. The Morgan fingerprint density at radius 2 is 2.11 bits per heavy atom. The summed E-state index contributed by atoms with van der Waals surface area (Å²) < 4.78 is 14.1. The fourth-order valence-electron chi connectivity index (χ4n) is 4.17. The molecule has 3 aromatic rings. The topological polar surface area (TPSA) is 90.7 Å². The highest BCUT2D eigenvalue weighted by Crippen LogP contribution is 2.32. The predicted molar refractivity (Wildman–Crippen MR) is 95.4 cm³/mol. The second-order valence-electron chi connectivity index (χ2n) is 7.18. The molecule has 3 aromatic heterocycles. The fraction of sp³-hybridized carbons (Fsp3) is 0.556. The van der Waals surface area contributed by atoms with Gasteiger partial charge >= 0.3 is 5.69 Å². The zero-order chi connectivity index (χ0) is 18.2. The highest BCUT2D eigenvalue weighted by molar-refractivity contribution is 5.35. The first-order valence-electron chi connectivity index (χ1n) is 9.50. The Morgan fingerprint density at radius 1 is 1.22 bits per heavy atom. The Balaban J connectivity index is 1.38. The summed E-state index contributed by atoms with van der Waals surface area (Å²) in [6, 6.07) is 5.99. The maximum atomic E-state index is 12.4. The van der Waals surface area contributed by atoms with Gasteiger partial charge in [0, 0.05) is 18.8 Å². The Labute approximate surface area is 155 Å². The molecule has 0 N–H and O–H groups in total. The quantitative estimate of drug-likeness (QED) is 0.682. The fourth-order valence-corrected chi connectivity index (χ4v) is 4.17. The van der Waals surface area contributed by atoms with E-state index < -0.39 is 0 Å². The molecule has 2 fully saturated rings. The summed E-state index contributed by atoms with van der Waals surface area (Å²) in [5.41, 5.74) is 0.379. The van der Waals surface area contributed by atoms with Crippen LogP contribution in [0.4, 0.5) is 0 Å². The summed E-state index contributed by atoms with van der Waals surface area (Å²) in [6.45, 7) is 2.37. The first kappa shape index (κ1) is 16.6. The lowest BCUT2D eigenvalue weighted by atomic mass is 10.1. The van der Waals surface area contributed by atoms with E-state index in [1.807, 2.05) is 6.07 Å². The van der Waals surface area contributed by atoms with Crippen LogP contribution in [0.2, 0.25) is 0 Å². The molecule has 1 aliphatic heterocycles. The van der Waals surface area contributed by atoms with Gasteiger partial charge in [0.25, 0.3) is 0 Å². The van der Waals surface area contributed by atoms with Crippen LogP contribution in [0.3, 0.4) is 0 Å². The van der Waals surface area contributed by atoms with Gasteiger partial charge in [-0.05, 0) is 25.0 Å². The van der Waals surface area contributed by atoms with Crippen LogP contribution in [0.1, 0.15) is 43.4 Å². The summed E-state index contributed by atoms with van der Waals surface area (Å²) in [5.74, 6) is 1.01. The number of aromatic nitrogens is 5. The van der Waals surface area contributed by atoms with Gasteiger partial charge in [0.1, 0.15) is 12.6 Å². The molecule has 0 radical (unpaired) electrons. The van der Waals surface area contributed by atoms with Crippen LogP contribution in [0.5, 0.6) is 0 Å². The summed E-state index contributed by atoms with van der Waals surface area (Å²) in [7, 11) is 0. The van der Waals surface area contributed by atoms with E-state index in [-0.39, 0.29) is 18.3 Å². The molecule has 0 bridgehead atoms. The first-order chi connectivity index (χ1) is 13.3. The lowest BCUT2D eigenvalue weighted by Crippen LogP contribution is -2.44. The second kappa shape index (κ2) is 6.90. The standard InChI is InChI=1S/C18H22N6O3/c25-18-23-8-4-3-7-16(23)20-24(18)11-15-19-17(27-21-15)14-12-26-10-9-22(14)13-5-1-2-6-13/h3-4,7-8,13-14H,1-2,5-6,9-12H2. The molecule has 1 atom stereocenters. The van der Waals surface area contributed by atoms with Crippen molar-refractivity contribution in [3.8, 4) is 0 Å². The number of ether oxygens (including phenoxy) is 1. The Bertz CT molecular complexity index is 986. The lowest BCUT2D eigenvalue weighted by Gasteiger charge is -2.37. The number of hydrogen-bond acceptors (Lipinski definition) is 7. The Hall–Kier alpha value is -2.52. The van der Waals surface area contributed by atoms with Gasteiger partial charge in [0.2, 0.25) is 5.89 Å². The van der Waals surface area contributed by atoms with E-state index in [1.54, 1.807) is 18.3 Å². The summed E-state index contributed by atoms with van der Waals surface area (Å²) in [6.07, 6.45) is 6.69. The van der Waals surface area contributed by atoms with Crippen LogP contribution in [-0.2, 0) is 11.3 Å². The van der Waals surface area contributed by atoms with E-state index in [1.165, 1.54) is 34.8 Å². The maximum absolute atomic E-state index is 12.4. The Kier molecular flexibility index (Phi) is 4.25. The molecule has 0 spiro atoms. The predicted octanol–water partition coefficient (Wildman–Crippen LogP) is 1.24. The second-order valence-corrected chi connectivity index (χ2v) is 7.18. The summed E-state index contributed by atoms with van der Waals surface area (Å²) in [4.78, 5) is 19.4. The molecule has 1 unspecified atom stereocenters. The smallest absolute Gasteiger partial charge is 0.350 e. The van der Waals surface area contributed by atoms with Crippen LogP contribution in [-0.4, -0.2) is 55.0 Å². The van der Waals surface area contributed by atoms with E-state index in [9.17, 15) is 4.79 Å². The Morgan fingerprint density at radius 3 is 2.96 bits per heavy atom. The number of hydrogen-bond donors (Lipinski definition) is 0. The monoisotopic (exact) mass is 370 g/mol. The van der Waals surface area contributed by atoms with Gasteiger partial charge in [0.15, 0.2) is 11.5 Å². The van der Waals surface area contributed by atoms with Crippen molar-refractivity contribution in [2.45, 2.75) is 44.3 Å². The van der Waals surface area contributed by atoms with Crippen LogP contribution in [0, 0.1) is 0 Å². The van der Waals surface area contributed by atoms with Crippen molar-refractivity contribution < 1.29 is 9.26 Å². The molecule has 27 heavy (non-hydrogen) atoms. The number of nitrogens with zero attached hydrogens (tertiary/aromatic N) is 6.